The van der Waals surface area contributed by atoms with Crippen LogP contribution in [0.15, 0.2) is 42.5 Å². The number of likely N-dealkylation sites (tertiary alicyclic amines) is 1. The highest BCUT2D eigenvalue weighted by molar-refractivity contribution is 5.94. The highest BCUT2D eigenvalue weighted by atomic mass is 19.4. The van der Waals surface area contributed by atoms with Crippen LogP contribution in [0.1, 0.15) is 54.4 Å². The van der Waals surface area contributed by atoms with E-state index in [0.717, 1.165) is 55.3 Å². The van der Waals surface area contributed by atoms with Crippen LogP contribution in [0.25, 0.3) is 0 Å². The van der Waals surface area contributed by atoms with E-state index in [1.54, 1.807) is 11.9 Å². The number of nitrogens with zero attached hydrogens (tertiary/aromatic N) is 2. The SMILES string of the molecule is CN(C(=O)C#Cc1ccc(C(F)(F)F)cc1)[C@@H]1CC[C@@]2(O)[C@H]3Cc4cccc5c4[C@@]2(CCN3CC2CC2)[C@H]1O5. The van der Waals surface area contributed by atoms with E-state index in [4.69, 9.17) is 4.74 Å². The maximum Gasteiger partial charge on any atom is 0.416 e. The topological polar surface area (TPSA) is 53.0 Å². The second-order valence-corrected chi connectivity index (χ2v) is 12.0. The van der Waals surface area contributed by atoms with Crippen molar-refractivity contribution in [2.75, 3.05) is 20.1 Å². The molecule has 1 N–H and O–H groups in total. The summed E-state index contributed by atoms with van der Waals surface area (Å²) in [5, 5.41) is 12.6. The second-order valence-electron chi connectivity index (χ2n) is 12.0. The Morgan fingerprint density at radius 2 is 1.92 bits per heavy atom. The van der Waals surface area contributed by atoms with Gasteiger partial charge in [-0.3, -0.25) is 9.69 Å². The lowest BCUT2D eigenvalue weighted by molar-refractivity contribution is -0.199. The number of hydrogen-bond donors (Lipinski definition) is 1. The zero-order valence-corrected chi connectivity index (χ0v) is 21.8. The van der Waals surface area contributed by atoms with Gasteiger partial charge in [-0.15, -0.1) is 0 Å². The van der Waals surface area contributed by atoms with Gasteiger partial charge in [0, 0.05) is 36.7 Å². The number of hydrogen-bond acceptors (Lipinski definition) is 4. The Morgan fingerprint density at radius 1 is 1.15 bits per heavy atom. The molecule has 39 heavy (non-hydrogen) atoms. The fraction of sp³-hybridized carbons (Fsp3) is 0.516. The molecular weight excluding hydrogens is 505 g/mol. The molecule has 2 saturated carbocycles. The van der Waals surface area contributed by atoms with Crippen molar-refractivity contribution >= 4 is 5.91 Å². The zero-order chi connectivity index (χ0) is 27.2. The van der Waals surface area contributed by atoms with E-state index in [2.05, 4.69) is 22.8 Å². The number of ether oxygens (including phenoxy) is 1. The van der Waals surface area contributed by atoms with E-state index in [9.17, 15) is 23.1 Å². The summed E-state index contributed by atoms with van der Waals surface area (Å²) in [4.78, 5) is 17.4. The third-order valence-corrected chi connectivity index (χ3v) is 9.97. The molecule has 0 radical (unpaired) electrons. The summed E-state index contributed by atoms with van der Waals surface area (Å²) in [5.74, 6) is 6.47. The van der Waals surface area contributed by atoms with Gasteiger partial charge in [0.15, 0.2) is 0 Å². The lowest BCUT2D eigenvalue weighted by Gasteiger charge is -2.64. The largest absolute Gasteiger partial charge is 0.487 e. The lowest BCUT2D eigenvalue weighted by atomic mass is 9.48. The van der Waals surface area contributed by atoms with Crippen molar-refractivity contribution in [3.05, 3.63) is 64.7 Å². The molecule has 3 fully saturated rings. The van der Waals surface area contributed by atoms with Crippen molar-refractivity contribution in [1.29, 1.82) is 0 Å². The molecule has 2 aromatic rings. The Morgan fingerprint density at radius 3 is 2.64 bits per heavy atom. The number of aliphatic hydroxyl groups is 1. The third-order valence-electron chi connectivity index (χ3n) is 9.97. The summed E-state index contributed by atoms with van der Waals surface area (Å²) in [6, 6.07) is 10.4. The van der Waals surface area contributed by atoms with Crippen molar-refractivity contribution < 1.29 is 27.8 Å². The molecule has 3 aliphatic carbocycles. The Balaban J connectivity index is 1.18. The average molecular weight is 537 g/mol. The van der Waals surface area contributed by atoms with Gasteiger partial charge in [-0.25, -0.2) is 0 Å². The van der Waals surface area contributed by atoms with Crippen LogP contribution < -0.4 is 4.74 Å². The molecule has 2 aliphatic heterocycles. The van der Waals surface area contributed by atoms with Crippen molar-refractivity contribution in [2.24, 2.45) is 5.92 Å². The fourth-order valence-corrected chi connectivity index (χ4v) is 7.93. The third kappa shape index (κ3) is 3.66. The number of alkyl halides is 3. The molecule has 5 aliphatic rings. The van der Waals surface area contributed by atoms with Gasteiger partial charge >= 0.3 is 6.18 Å². The lowest BCUT2D eigenvalue weighted by Crippen LogP contribution is -2.78. The van der Waals surface area contributed by atoms with Gasteiger partial charge in [-0.05, 0) is 86.9 Å². The van der Waals surface area contributed by atoms with Crippen LogP contribution in [0, 0.1) is 17.8 Å². The van der Waals surface area contributed by atoms with Crippen LogP contribution in [0.5, 0.6) is 5.75 Å². The Bertz CT molecular complexity index is 1390. The quantitative estimate of drug-likeness (QED) is 0.599. The first-order chi connectivity index (χ1) is 18.6. The normalized spacial score (nSPS) is 32.5. The first-order valence-electron chi connectivity index (χ1n) is 13.8. The van der Waals surface area contributed by atoms with Gasteiger partial charge in [-0.1, -0.05) is 18.1 Å². The average Bonchev–Trinajstić information content (AvgIpc) is 3.66. The van der Waals surface area contributed by atoms with Crippen LogP contribution in [0.3, 0.4) is 0 Å². The van der Waals surface area contributed by atoms with E-state index in [-0.39, 0.29) is 18.2 Å². The number of carbonyl (C=O) groups excluding carboxylic acids is 1. The highest BCUT2D eigenvalue weighted by Gasteiger charge is 2.73. The van der Waals surface area contributed by atoms with Crippen molar-refractivity contribution in [3.63, 3.8) is 0 Å². The van der Waals surface area contributed by atoms with E-state index >= 15 is 0 Å². The standard InChI is InChI=1S/C31H31F3N2O3/c1-35(26(37)12-9-19-7-10-22(11-8-19)31(32,33)34)23-13-14-30(38)25-17-21-3-2-4-24-27(21)29(30,28(23)39-24)15-16-36(25)18-20-5-6-20/h2-4,7-8,10-11,20,23,25,28,38H,5-6,13-18H2,1H3/t23-,25-,28+,29+,30-/m1/s1. The number of halogens is 3. The summed E-state index contributed by atoms with van der Waals surface area (Å²) in [6.07, 6.45) is 0.462. The van der Waals surface area contributed by atoms with Gasteiger partial charge in [0.05, 0.1) is 22.6 Å². The predicted molar refractivity (Wildman–Crippen MR) is 138 cm³/mol. The molecule has 0 unspecified atom stereocenters. The summed E-state index contributed by atoms with van der Waals surface area (Å²) in [7, 11) is 1.71. The van der Waals surface area contributed by atoms with Gasteiger partial charge in [0.25, 0.3) is 5.91 Å². The maximum atomic E-state index is 13.2. The molecule has 204 valence electrons. The predicted octanol–water partition coefficient (Wildman–Crippen LogP) is 4.15. The van der Waals surface area contributed by atoms with Crippen LogP contribution >= 0.6 is 0 Å². The molecule has 7 rings (SSSR count). The zero-order valence-electron chi connectivity index (χ0n) is 21.8. The van der Waals surface area contributed by atoms with Gasteiger partial charge in [0.2, 0.25) is 0 Å². The van der Waals surface area contributed by atoms with Crippen molar-refractivity contribution in [2.45, 2.75) is 73.9 Å². The summed E-state index contributed by atoms with van der Waals surface area (Å²) >= 11 is 0. The minimum Gasteiger partial charge on any atom is -0.487 e. The number of amides is 1. The molecule has 0 aromatic heterocycles. The molecule has 1 amide bonds. The molecule has 1 spiro atoms. The van der Waals surface area contributed by atoms with Crippen molar-refractivity contribution in [1.82, 2.24) is 9.80 Å². The van der Waals surface area contributed by atoms with E-state index in [1.807, 2.05) is 12.1 Å². The smallest absolute Gasteiger partial charge is 0.416 e. The minimum atomic E-state index is -4.42. The molecule has 2 heterocycles. The Kier molecular flexibility index (Phi) is 5.44. The molecule has 2 bridgehead atoms. The molecule has 8 heteroatoms. The highest BCUT2D eigenvalue weighted by Crippen LogP contribution is 2.64. The van der Waals surface area contributed by atoms with E-state index in [0.29, 0.717) is 18.4 Å². The van der Waals surface area contributed by atoms with Gasteiger partial charge in [-0.2, -0.15) is 13.2 Å². The monoisotopic (exact) mass is 536 g/mol. The number of rotatable bonds is 3. The molecule has 2 aromatic carbocycles. The number of piperidine rings is 1. The fourth-order valence-electron chi connectivity index (χ4n) is 7.93. The molecule has 5 nitrogen and oxygen atoms in total. The molecular formula is C31H31F3N2O3. The Hall–Kier alpha value is -3.02. The van der Waals surface area contributed by atoms with E-state index in [1.165, 1.54) is 30.5 Å². The van der Waals surface area contributed by atoms with Crippen LogP contribution in [0.2, 0.25) is 0 Å². The van der Waals surface area contributed by atoms with Gasteiger partial charge < -0.3 is 14.7 Å². The summed E-state index contributed by atoms with van der Waals surface area (Å²) in [6.45, 7) is 1.93. The van der Waals surface area contributed by atoms with E-state index < -0.39 is 28.7 Å². The first kappa shape index (κ1) is 25.0. The Labute approximate surface area is 225 Å². The first-order valence-corrected chi connectivity index (χ1v) is 13.8. The van der Waals surface area contributed by atoms with Crippen molar-refractivity contribution in [3.8, 4) is 17.6 Å². The van der Waals surface area contributed by atoms with Gasteiger partial charge in [0.1, 0.15) is 11.9 Å². The van der Waals surface area contributed by atoms with Crippen LogP contribution in [-0.2, 0) is 22.8 Å². The summed E-state index contributed by atoms with van der Waals surface area (Å²) < 4.78 is 45.3. The van der Waals surface area contributed by atoms with Crippen LogP contribution in [0.4, 0.5) is 13.2 Å². The summed E-state index contributed by atoms with van der Waals surface area (Å²) in [5.41, 5.74) is 0.435. The second kappa shape index (κ2) is 8.49. The van der Waals surface area contributed by atoms with Crippen LogP contribution in [-0.4, -0.2) is 64.7 Å². The minimum absolute atomic E-state index is 0.0280. The molecule has 5 atom stereocenters. The molecule has 1 saturated heterocycles. The number of carbonyl (C=O) groups is 1. The maximum absolute atomic E-state index is 13.2. The number of likely N-dealkylation sites (N-methyl/N-ethyl adjacent to an activating group) is 1. The number of benzene rings is 2.